The molecule has 0 amide bonds. The third-order valence-electron chi connectivity index (χ3n) is 5.77. The number of benzene rings is 2. The molecule has 0 aliphatic heterocycles. The van der Waals surface area contributed by atoms with Crippen LogP contribution in [0.2, 0.25) is 0 Å². The standard InChI is InChI=1S/C25H33NO4/c1-18(15-19-7-4-3-5-8-19)26-17-24(27)20-11-13-22(14-12-20)30-23-10-6-9-21(16-23)25(28)29-2/h3-5,7-8,11-14,18,21,23-24,26-27H,6,9-10,15-17H2,1-2H3/t18?,21?,23?,24-/m0/s1. The quantitative estimate of drug-likeness (QED) is 0.609. The molecule has 1 aliphatic rings. The summed E-state index contributed by atoms with van der Waals surface area (Å²) in [5.74, 6) is 0.557. The van der Waals surface area contributed by atoms with Gasteiger partial charge in [-0.2, -0.15) is 0 Å². The molecule has 4 atom stereocenters. The van der Waals surface area contributed by atoms with Crippen molar-refractivity contribution in [2.75, 3.05) is 13.7 Å². The zero-order valence-electron chi connectivity index (χ0n) is 17.9. The minimum absolute atomic E-state index is 0.0270. The Labute approximate surface area is 179 Å². The Bertz CT molecular complexity index is 777. The number of carbonyl (C=O) groups excluding carboxylic acids is 1. The fourth-order valence-corrected chi connectivity index (χ4v) is 4.06. The zero-order valence-corrected chi connectivity index (χ0v) is 17.9. The summed E-state index contributed by atoms with van der Waals surface area (Å²) in [5, 5.41) is 13.9. The Kier molecular flexibility index (Phi) is 8.29. The summed E-state index contributed by atoms with van der Waals surface area (Å²) in [7, 11) is 1.44. The van der Waals surface area contributed by atoms with E-state index in [2.05, 4.69) is 24.4 Å². The lowest BCUT2D eigenvalue weighted by atomic mass is 9.87. The van der Waals surface area contributed by atoms with Crippen LogP contribution >= 0.6 is 0 Å². The molecule has 1 aliphatic carbocycles. The summed E-state index contributed by atoms with van der Waals surface area (Å²) < 4.78 is 10.9. The van der Waals surface area contributed by atoms with Crippen molar-refractivity contribution in [1.29, 1.82) is 0 Å². The van der Waals surface area contributed by atoms with E-state index in [-0.39, 0.29) is 24.0 Å². The van der Waals surface area contributed by atoms with Gasteiger partial charge in [-0.25, -0.2) is 0 Å². The van der Waals surface area contributed by atoms with Crippen LogP contribution in [0, 0.1) is 5.92 Å². The molecule has 5 heteroatoms. The van der Waals surface area contributed by atoms with Gasteiger partial charge in [0.2, 0.25) is 0 Å². The molecule has 2 aromatic rings. The van der Waals surface area contributed by atoms with Crippen LogP contribution < -0.4 is 10.1 Å². The molecular formula is C25H33NO4. The number of hydrogen-bond donors (Lipinski definition) is 2. The van der Waals surface area contributed by atoms with E-state index in [0.29, 0.717) is 13.0 Å². The number of ether oxygens (including phenoxy) is 2. The highest BCUT2D eigenvalue weighted by Gasteiger charge is 2.29. The van der Waals surface area contributed by atoms with Gasteiger partial charge in [-0.3, -0.25) is 4.79 Å². The van der Waals surface area contributed by atoms with Crippen molar-refractivity contribution in [1.82, 2.24) is 5.32 Å². The maximum atomic E-state index is 11.8. The molecule has 2 N–H and O–H groups in total. The van der Waals surface area contributed by atoms with E-state index in [1.54, 1.807) is 0 Å². The van der Waals surface area contributed by atoms with Gasteiger partial charge in [-0.1, -0.05) is 42.5 Å². The fraction of sp³-hybridized carbons (Fsp3) is 0.480. The van der Waals surface area contributed by atoms with Crippen LogP contribution in [-0.2, 0) is 16.0 Å². The molecule has 0 saturated heterocycles. The first-order chi connectivity index (χ1) is 14.5. The number of rotatable bonds is 9. The minimum atomic E-state index is -0.573. The summed E-state index contributed by atoms with van der Waals surface area (Å²) >= 11 is 0. The third-order valence-corrected chi connectivity index (χ3v) is 5.77. The van der Waals surface area contributed by atoms with E-state index < -0.39 is 6.10 Å². The minimum Gasteiger partial charge on any atom is -0.490 e. The molecule has 0 spiro atoms. The van der Waals surface area contributed by atoms with Gasteiger partial charge in [0.05, 0.1) is 25.2 Å². The highest BCUT2D eigenvalue weighted by atomic mass is 16.5. The Morgan fingerprint density at radius 1 is 1.13 bits per heavy atom. The summed E-state index contributed by atoms with van der Waals surface area (Å²) in [6, 6.07) is 18.2. The fourth-order valence-electron chi connectivity index (χ4n) is 4.06. The normalized spacial score (nSPS) is 20.9. The summed E-state index contributed by atoms with van der Waals surface area (Å²) in [6.07, 6.45) is 3.85. The first kappa shape index (κ1) is 22.3. The predicted octanol–water partition coefficient (Wildman–Crippen LogP) is 4.05. The third kappa shape index (κ3) is 6.57. The lowest BCUT2D eigenvalue weighted by Crippen LogP contribution is -2.32. The van der Waals surface area contributed by atoms with Gasteiger partial charge in [0.1, 0.15) is 5.75 Å². The number of esters is 1. The molecule has 0 radical (unpaired) electrons. The van der Waals surface area contributed by atoms with Crippen LogP contribution in [0.3, 0.4) is 0 Å². The number of nitrogens with one attached hydrogen (secondary N) is 1. The second-order valence-corrected chi connectivity index (χ2v) is 8.21. The molecular weight excluding hydrogens is 378 g/mol. The summed E-state index contributed by atoms with van der Waals surface area (Å²) in [4.78, 5) is 11.8. The van der Waals surface area contributed by atoms with Crippen LogP contribution in [0.4, 0.5) is 0 Å². The summed E-state index contributed by atoms with van der Waals surface area (Å²) in [5.41, 5.74) is 2.14. The van der Waals surface area contributed by atoms with Crippen LogP contribution in [0.5, 0.6) is 5.75 Å². The smallest absolute Gasteiger partial charge is 0.308 e. The molecule has 5 nitrogen and oxygen atoms in total. The van der Waals surface area contributed by atoms with Crippen LogP contribution in [0.1, 0.15) is 49.8 Å². The SMILES string of the molecule is COC(=O)C1CCCC(Oc2ccc([C@@H](O)CNC(C)Cc3ccccc3)cc2)C1. The average molecular weight is 412 g/mol. The molecule has 3 rings (SSSR count). The lowest BCUT2D eigenvalue weighted by molar-refractivity contribution is -0.147. The highest BCUT2D eigenvalue weighted by molar-refractivity contribution is 5.72. The average Bonchev–Trinajstić information content (AvgIpc) is 2.78. The van der Waals surface area contributed by atoms with Crippen LogP contribution in [0.15, 0.2) is 54.6 Å². The molecule has 162 valence electrons. The van der Waals surface area contributed by atoms with Crippen molar-refractivity contribution in [3.63, 3.8) is 0 Å². The molecule has 1 saturated carbocycles. The molecule has 0 aromatic heterocycles. The van der Waals surface area contributed by atoms with Gasteiger partial charge in [-0.05, 0) is 62.3 Å². The largest absolute Gasteiger partial charge is 0.490 e. The first-order valence-corrected chi connectivity index (χ1v) is 10.8. The van der Waals surface area contributed by atoms with Crippen molar-refractivity contribution in [2.24, 2.45) is 5.92 Å². The molecule has 0 heterocycles. The van der Waals surface area contributed by atoms with E-state index in [1.807, 2.05) is 42.5 Å². The molecule has 3 unspecified atom stereocenters. The molecule has 30 heavy (non-hydrogen) atoms. The number of carbonyl (C=O) groups is 1. The van der Waals surface area contributed by atoms with E-state index >= 15 is 0 Å². The number of methoxy groups -OCH3 is 1. The van der Waals surface area contributed by atoms with E-state index in [9.17, 15) is 9.90 Å². The maximum absolute atomic E-state index is 11.8. The van der Waals surface area contributed by atoms with Gasteiger partial charge >= 0.3 is 5.97 Å². The number of aliphatic hydroxyl groups excluding tert-OH is 1. The monoisotopic (exact) mass is 411 g/mol. The Morgan fingerprint density at radius 3 is 2.57 bits per heavy atom. The summed E-state index contributed by atoms with van der Waals surface area (Å²) in [6.45, 7) is 2.63. The van der Waals surface area contributed by atoms with Crippen LogP contribution in [0.25, 0.3) is 0 Å². The van der Waals surface area contributed by atoms with Crippen LogP contribution in [-0.4, -0.2) is 36.9 Å². The van der Waals surface area contributed by atoms with Crippen molar-refractivity contribution >= 4 is 5.97 Å². The van der Waals surface area contributed by atoms with Crippen molar-refractivity contribution < 1.29 is 19.4 Å². The second-order valence-electron chi connectivity index (χ2n) is 8.21. The van der Waals surface area contributed by atoms with Gasteiger partial charge in [0, 0.05) is 12.6 Å². The molecule has 2 aromatic carbocycles. The van der Waals surface area contributed by atoms with E-state index in [1.165, 1.54) is 12.7 Å². The van der Waals surface area contributed by atoms with E-state index in [0.717, 1.165) is 37.0 Å². The molecule has 0 bridgehead atoms. The Hall–Kier alpha value is -2.37. The first-order valence-electron chi connectivity index (χ1n) is 10.8. The number of aliphatic hydroxyl groups is 1. The van der Waals surface area contributed by atoms with Crippen molar-refractivity contribution in [3.05, 3.63) is 65.7 Å². The van der Waals surface area contributed by atoms with Gasteiger partial charge in [0.25, 0.3) is 0 Å². The predicted molar refractivity (Wildman–Crippen MR) is 117 cm³/mol. The van der Waals surface area contributed by atoms with Gasteiger partial charge < -0.3 is 19.9 Å². The maximum Gasteiger partial charge on any atom is 0.308 e. The second kappa shape index (κ2) is 11.1. The Morgan fingerprint density at radius 2 is 1.87 bits per heavy atom. The Balaban J connectivity index is 1.45. The van der Waals surface area contributed by atoms with Gasteiger partial charge in [-0.15, -0.1) is 0 Å². The lowest BCUT2D eigenvalue weighted by Gasteiger charge is -2.28. The topological polar surface area (TPSA) is 67.8 Å². The van der Waals surface area contributed by atoms with Crippen molar-refractivity contribution in [2.45, 2.75) is 57.3 Å². The molecule has 1 fully saturated rings. The van der Waals surface area contributed by atoms with E-state index in [4.69, 9.17) is 9.47 Å². The van der Waals surface area contributed by atoms with Crippen molar-refractivity contribution in [3.8, 4) is 5.75 Å². The number of hydrogen-bond acceptors (Lipinski definition) is 5. The zero-order chi connectivity index (χ0) is 21.3. The highest BCUT2D eigenvalue weighted by Crippen LogP contribution is 2.29. The van der Waals surface area contributed by atoms with Gasteiger partial charge in [0.15, 0.2) is 0 Å².